The normalized spacial score (nSPS) is 17.5. The minimum Gasteiger partial charge on any atom is -0.466 e. The van der Waals surface area contributed by atoms with E-state index in [0.29, 0.717) is 0 Å². The van der Waals surface area contributed by atoms with Crippen LogP contribution in [0.4, 0.5) is 11.4 Å². The van der Waals surface area contributed by atoms with Crippen molar-refractivity contribution in [2.45, 2.75) is 12.8 Å². The van der Waals surface area contributed by atoms with E-state index < -0.39 is 11.9 Å². The number of ether oxygens (including phenoxy) is 3. The van der Waals surface area contributed by atoms with Gasteiger partial charge in [-0.3, -0.25) is 0 Å². The molecule has 7 nitrogen and oxygen atoms in total. The average Bonchev–Trinajstić information content (AvgIpc) is 3.20. The lowest BCUT2D eigenvalue weighted by molar-refractivity contribution is -0.140. The summed E-state index contributed by atoms with van der Waals surface area (Å²) in [5.74, 6) is -1.20. The van der Waals surface area contributed by atoms with Crippen molar-refractivity contribution in [1.82, 2.24) is 0 Å². The lowest BCUT2D eigenvalue weighted by Gasteiger charge is -2.34. The van der Waals surface area contributed by atoms with Crippen LogP contribution in [0.15, 0.2) is 33.9 Å². The summed E-state index contributed by atoms with van der Waals surface area (Å²) in [5, 5.41) is 0. The number of anilines is 2. The summed E-state index contributed by atoms with van der Waals surface area (Å²) < 4.78 is 16.3. The van der Waals surface area contributed by atoms with Crippen molar-refractivity contribution in [2.75, 3.05) is 50.4 Å². The molecule has 1 aromatic carbocycles. The molecule has 0 aliphatic carbocycles. The largest absolute Gasteiger partial charge is 0.466 e. The van der Waals surface area contributed by atoms with Gasteiger partial charge in [0.15, 0.2) is 0 Å². The van der Waals surface area contributed by atoms with Gasteiger partial charge in [0.05, 0.1) is 37.8 Å². The zero-order valence-corrected chi connectivity index (χ0v) is 16.4. The minimum absolute atomic E-state index is 0.00316. The van der Waals surface area contributed by atoms with Gasteiger partial charge in [0, 0.05) is 17.6 Å². The smallest absolute Gasteiger partial charge is 0.355 e. The Labute approximate surface area is 160 Å². The number of hydrogen-bond acceptors (Lipinski definition) is 7. The van der Waals surface area contributed by atoms with E-state index in [9.17, 15) is 9.59 Å². The molecule has 0 spiro atoms. The number of methoxy groups -OCH3 is 2. The van der Waals surface area contributed by atoms with Gasteiger partial charge in [-0.05, 0) is 31.0 Å². The number of esters is 2. The molecule has 3 rings (SSSR count). The molecule has 0 unspecified atom stereocenters. The van der Waals surface area contributed by atoms with Gasteiger partial charge in [-0.1, -0.05) is 15.9 Å². The fourth-order valence-electron chi connectivity index (χ4n) is 3.27. The second-order valence-electron chi connectivity index (χ2n) is 6.04. The zero-order valence-electron chi connectivity index (χ0n) is 14.8. The van der Waals surface area contributed by atoms with Gasteiger partial charge in [0.25, 0.3) is 0 Å². The number of hydrogen-bond donors (Lipinski definition) is 0. The number of carbonyl (C=O) groups excluding carboxylic acids is 2. The summed E-state index contributed by atoms with van der Waals surface area (Å²) in [6.07, 6.45) is 2.24. The molecule has 1 aromatic rings. The molecule has 1 fully saturated rings. The molecule has 0 bridgehead atoms. The number of nitrogens with zero attached hydrogens (tertiary/aromatic N) is 2. The first-order valence-corrected chi connectivity index (χ1v) is 9.15. The second kappa shape index (κ2) is 8.09. The molecule has 0 N–H and O–H groups in total. The zero-order chi connectivity index (χ0) is 18.7. The molecule has 26 heavy (non-hydrogen) atoms. The van der Waals surface area contributed by atoms with Gasteiger partial charge >= 0.3 is 11.9 Å². The summed E-state index contributed by atoms with van der Waals surface area (Å²) in [4.78, 5) is 28.6. The van der Waals surface area contributed by atoms with Gasteiger partial charge in [-0.2, -0.15) is 0 Å². The van der Waals surface area contributed by atoms with Crippen LogP contribution in [0.2, 0.25) is 0 Å². The molecule has 2 aliphatic heterocycles. The van der Waals surface area contributed by atoms with Crippen LogP contribution in [-0.2, 0) is 23.8 Å². The first-order valence-electron chi connectivity index (χ1n) is 8.36. The monoisotopic (exact) mass is 424 g/mol. The van der Waals surface area contributed by atoms with E-state index in [4.69, 9.17) is 14.2 Å². The number of halogens is 1. The van der Waals surface area contributed by atoms with Gasteiger partial charge < -0.3 is 24.0 Å². The third-order valence-corrected chi connectivity index (χ3v) is 5.00. The van der Waals surface area contributed by atoms with Crippen LogP contribution in [0.1, 0.15) is 12.8 Å². The fraction of sp³-hybridized carbons (Fsp3) is 0.444. The highest BCUT2D eigenvalue weighted by atomic mass is 79.9. The highest BCUT2D eigenvalue weighted by molar-refractivity contribution is 9.10. The third-order valence-electron chi connectivity index (χ3n) is 4.51. The van der Waals surface area contributed by atoms with Crippen LogP contribution in [0, 0.1) is 0 Å². The van der Waals surface area contributed by atoms with Crippen LogP contribution >= 0.6 is 15.9 Å². The molecule has 140 valence electrons. The molecule has 2 aliphatic rings. The molecular weight excluding hydrogens is 404 g/mol. The van der Waals surface area contributed by atoms with Gasteiger partial charge in [-0.25, -0.2) is 9.59 Å². The Balaban J connectivity index is 2.12. The van der Waals surface area contributed by atoms with E-state index in [1.807, 2.05) is 18.2 Å². The quantitative estimate of drug-likeness (QED) is 0.687. The Morgan fingerprint density at radius 3 is 2.42 bits per heavy atom. The topological polar surface area (TPSA) is 68.3 Å². The van der Waals surface area contributed by atoms with E-state index in [2.05, 4.69) is 20.8 Å². The average molecular weight is 425 g/mol. The highest BCUT2D eigenvalue weighted by Crippen LogP contribution is 2.38. The Hall–Kier alpha value is -2.06. The number of carbonyl (C=O) groups is 2. The molecular formula is C18H21BrN2O5. The maximum Gasteiger partial charge on any atom is 0.355 e. The predicted molar refractivity (Wildman–Crippen MR) is 99.9 cm³/mol. The molecule has 2 heterocycles. The maximum absolute atomic E-state index is 12.5. The van der Waals surface area contributed by atoms with Crippen LogP contribution in [0.25, 0.3) is 0 Å². The molecule has 0 aromatic heterocycles. The van der Waals surface area contributed by atoms with Crippen molar-refractivity contribution in [3.8, 4) is 0 Å². The summed E-state index contributed by atoms with van der Waals surface area (Å²) in [5.41, 5.74) is 2.08. The van der Waals surface area contributed by atoms with Crippen molar-refractivity contribution in [1.29, 1.82) is 0 Å². The first kappa shape index (κ1) is 18.7. The lowest BCUT2D eigenvalue weighted by atomic mass is 10.1. The first-order chi connectivity index (χ1) is 12.6. The van der Waals surface area contributed by atoms with Crippen molar-refractivity contribution >= 4 is 39.2 Å². The van der Waals surface area contributed by atoms with E-state index in [1.165, 1.54) is 14.2 Å². The molecule has 0 atom stereocenters. The number of benzene rings is 1. The molecule has 0 radical (unpaired) electrons. The lowest BCUT2D eigenvalue weighted by Crippen LogP contribution is -2.39. The molecule has 0 amide bonds. The minimum atomic E-state index is -0.602. The van der Waals surface area contributed by atoms with Gasteiger partial charge in [0.2, 0.25) is 0 Å². The van der Waals surface area contributed by atoms with Crippen LogP contribution in [0.5, 0.6) is 0 Å². The molecule has 8 heteroatoms. The SMILES string of the molecule is COC(=O)C1=C(C(=O)OC)N(c2ccc(Br)cc2N2CCCC2)COC1. The van der Waals surface area contributed by atoms with Crippen molar-refractivity contribution in [2.24, 2.45) is 0 Å². The van der Waals surface area contributed by atoms with Crippen LogP contribution < -0.4 is 9.80 Å². The second-order valence-corrected chi connectivity index (χ2v) is 6.96. The van der Waals surface area contributed by atoms with Crippen LogP contribution in [0.3, 0.4) is 0 Å². The fourth-order valence-corrected chi connectivity index (χ4v) is 3.62. The van der Waals surface area contributed by atoms with Crippen molar-refractivity contribution in [3.05, 3.63) is 33.9 Å². The third kappa shape index (κ3) is 3.57. The number of rotatable bonds is 4. The summed E-state index contributed by atoms with van der Waals surface area (Å²) in [6.45, 7) is 2.04. The highest BCUT2D eigenvalue weighted by Gasteiger charge is 2.34. The van der Waals surface area contributed by atoms with E-state index in [1.54, 1.807) is 4.90 Å². The van der Waals surface area contributed by atoms with Gasteiger partial charge in [-0.15, -0.1) is 0 Å². The summed E-state index contributed by atoms with van der Waals surface area (Å²) in [7, 11) is 2.57. The maximum atomic E-state index is 12.5. The van der Waals surface area contributed by atoms with Crippen LogP contribution in [-0.4, -0.2) is 52.6 Å². The standard InChI is InChI=1S/C18H21BrN2O5/c1-24-17(22)13-10-26-11-21(16(13)18(23)25-2)14-6-5-12(19)9-15(14)20-7-3-4-8-20/h5-6,9H,3-4,7-8,10-11H2,1-2H3. The Morgan fingerprint density at radius 1 is 1.08 bits per heavy atom. The van der Waals surface area contributed by atoms with Gasteiger partial charge in [0.1, 0.15) is 12.4 Å². The Morgan fingerprint density at radius 2 is 1.77 bits per heavy atom. The van der Waals surface area contributed by atoms with E-state index >= 15 is 0 Å². The Bertz CT molecular complexity index is 743. The summed E-state index contributed by atoms with van der Waals surface area (Å²) in [6, 6.07) is 5.82. The van der Waals surface area contributed by atoms with Crippen molar-refractivity contribution in [3.63, 3.8) is 0 Å². The Kier molecular flexibility index (Phi) is 5.83. The molecule has 0 saturated carbocycles. The predicted octanol–water partition coefficient (Wildman–Crippen LogP) is 2.44. The van der Waals surface area contributed by atoms with Crippen molar-refractivity contribution < 1.29 is 23.8 Å². The molecule has 1 saturated heterocycles. The van der Waals surface area contributed by atoms with E-state index in [0.717, 1.165) is 41.8 Å². The van der Waals surface area contributed by atoms with E-state index in [-0.39, 0.29) is 24.6 Å². The summed E-state index contributed by atoms with van der Waals surface area (Å²) >= 11 is 3.52.